The van der Waals surface area contributed by atoms with Gasteiger partial charge >= 0.3 is 0 Å². The summed E-state index contributed by atoms with van der Waals surface area (Å²) >= 11 is 0. The van der Waals surface area contributed by atoms with E-state index in [4.69, 9.17) is 5.73 Å². The first kappa shape index (κ1) is 7.88. The second-order valence-electron chi connectivity index (χ2n) is 2.10. The number of nitrogens with zero attached hydrogens (tertiary/aromatic N) is 2. The molecular weight excluding hydrogens is 138 g/mol. The molecule has 0 bridgehead atoms. The molecule has 0 aromatic carbocycles. The molecule has 0 fully saturated rings. The van der Waals surface area contributed by atoms with E-state index in [9.17, 15) is 0 Å². The van der Waals surface area contributed by atoms with Gasteiger partial charge in [-0.05, 0) is 17.7 Å². The maximum Gasteiger partial charge on any atom is 0.0512 e. The average molecular weight is 149 g/mol. The van der Waals surface area contributed by atoms with Gasteiger partial charge in [0, 0.05) is 25.2 Å². The Kier molecular flexibility index (Phi) is 3.28. The Hall–Kier alpha value is -1.22. The van der Waals surface area contributed by atoms with Crippen LogP contribution in [0.15, 0.2) is 29.5 Å². The van der Waals surface area contributed by atoms with Gasteiger partial charge < -0.3 is 5.73 Å². The molecule has 0 atom stereocenters. The first-order chi connectivity index (χ1) is 5.43. The third kappa shape index (κ3) is 2.91. The van der Waals surface area contributed by atoms with Crippen LogP contribution < -0.4 is 5.73 Å². The van der Waals surface area contributed by atoms with Gasteiger partial charge in [0.15, 0.2) is 0 Å². The quantitative estimate of drug-likeness (QED) is 0.635. The first-order valence-electron chi connectivity index (χ1n) is 3.53. The zero-order valence-electron chi connectivity index (χ0n) is 6.27. The van der Waals surface area contributed by atoms with E-state index in [0.29, 0.717) is 13.1 Å². The number of rotatable bonds is 3. The predicted molar refractivity (Wildman–Crippen MR) is 45.8 cm³/mol. The van der Waals surface area contributed by atoms with Crippen LogP contribution in [0.3, 0.4) is 0 Å². The van der Waals surface area contributed by atoms with Gasteiger partial charge in [-0.2, -0.15) is 0 Å². The van der Waals surface area contributed by atoms with Crippen molar-refractivity contribution in [3.63, 3.8) is 0 Å². The monoisotopic (exact) mass is 149 g/mol. The van der Waals surface area contributed by atoms with Crippen molar-refractivity contribution < 1.29 is 0 Å². The minimum absolute atomic E-state index is 0.599. The van der Waals surface area contributed by atoms with Crippen LogP contribution in [0, 0.1) is 0 Å². The Bertz CT molecular complexity index is 218. The van der Waals surface area contributed by atoms with Gasteiger partial charge in [0.05, 0.1) is 6.54 Å². The summed E-state index contributed by atoms with van der Waals surface area (Å²) < 4.78 is 0. The van der Waals surface area contributed by atoms with Crippen LogP contribution in [0.2, 0.25) is 0 Å². The lowest BCUT2D eigenvalue weighted by Gasteiger charge is -1.89. The molecule has 0 spiro atoms. The van der Waals surface area contributed by atoms with Crippen molar-refractivity contribution in [1.82, 2.24) is 4.98 Å². The number of aliphatic imine (C=N–C) groups is 1. The van der Waals surface area contributed by atoms with Crippen LogP contribution in [0.1, 0.15) is 5.56 Å². The average Bonchev–Trinajstić information content (AvgIpc) is 2.07. The number of hydrogen-bond donors (Lipinski definition) is 1. The maximum absolute atomic E-state index is 5.27. The molecule has 58 valence electrons. The summed E-state index contributed by atoms with van der Waals surface area (Å²) in [5.41, 5.74) is 6.33. The predicted octanol–water partition coefficient (Wildman–Crippen LogP) is 0.459. The Balaban J connectivity index is 2.50. The SMILES string of the molecule is NCCN=Cc1ccncc1. The van der Waals surface area contributed by atoms with Crippen molar-refractivity contribution in [1.29, 1.82) is 0 Å². The molecule has 2 N–H and O–H groups in total. The van der Waals surface area contributed by atoms with Gasteiger partial charge in [-0.1, -0.05) is 0 Å². The van der Waals surface area contributed by atoms with Crippen LogP contribution in [-0.2, 0) is 0 Å². The molecule has 0 aliphatic rings. The summed E-state index contributed by atoms with van der Waals surface area (Å²) in [7, 11) is 0. The van der Waals surface area contributed by atoms with Gasteiger partial charge in [0.25, 0.3) is 0 Å². The molecule has 0 radical (unpaired) electrons. The molecule has 0 aliphatic heterocycles. The molecule has 1 rings (SSSR count). The summed E-state index contributed by atoms with van der Waals surface area (Å²) in [5.74, 6) is 0. The minimum atomic E-state index is 0.599. The van der Waals surface area contributed by atoms with E-state index in [-0.39, 0.29) is 0 Å². The minimum Gasteiger partial charge on any atom is -0.329 e. The molecule has 1 aromatic rings. The standard InChI is InChI=1S/C8H11N3/c9-3-6-11-7-8-1-4-10-5-2-8/h1-2,4-5,7H,3,6,9H2. The van der Waals surface area contributed by atoms with Crippen LogP contribution in [0.5, 0.6) is 0 Å². The number of hydrogen-bond acceptors (Lipinski definition) is 3. The van der Waals surface area contributed by atoms with Crippen LogP contribution >= 0.6 is 0 Å². The molecule has 3 nitrogen and oxygen atoms in total. The second-order valence-corrected chi connectivity index (χ2v) is 2.10. The van der Waals surface area contributed by atoms with Crippen molar-refractivity contribution in [2.45, 2.75) is 0 Å². The largest absolute Gasteiger partial charge is 0.329 e. The first-order valence-corrected chi connectivity index (χ1v) is 3.53. The molecule has 0 amide bonds. The highest BCUT2D eigenvalue weighted by molar-refractivity contribution is 5.79. The van der Waals surface area contributed by atoms with Crippen LogP contribution in [0.4, 0.5) is 0 Å². The lowest BCUT2D eigenvalue weighted by atomic mass is 10.3. The zero-order valence-corrected chi connectivity index (χ0v) is 6.27. The molecule has 0 saturated carbocycles. The summed E-state index contributed by atoms with van der Waals surface area (Å²) in [6.45, 7) is 1.28. The van der Waals surface area contributed by atoms with Crippen molar-refractivity contribution in [3.05, 3.63) is 30.1 Å². The summed E-state index contributed by atoms with van der Waals surface area (Å²) in [4.78, 5) is 7.97. The Morgan fingerprint density at radius 2 is 2.18 bits per heavy atom. The Morgan fingerprint density at radius 1 is 1.45 bits per heavy atom. The molecule has 3 heteroatoms. The van der Waals surface area contributed by atoms with Gasteiger partial charge in [0.1, 0.15) is 0 Å². The smallest absolute Gasteiger partial charge is 0.0512 e. The number of aromatic nitrogens is 1. The Morgan fingerprint density at radius 3 is 2.82 bits per heavy atom. The fraction of sp³-hybridized carbons (Fsp3) is 0.250. The van der Waals surface area contributed by atoms with E-state index in [2.05, 4.69) is 9.98 Å². The zero-order chi connectivity index (χ0) is 7.94. The normalized spacial score (nSPS) is 10.6. The van der Waals surface area contributed by atoms with Gasteiger partial charge in [-0.25, -0.2) is 0 Å². The van der Waals surface area contributed by atoms with Gasteiger partial charge in [-0.15, -0.1) is 0 Å². The molecular formula is C8H11N3. The molecule has 1 aromatic heterocycles. The lowest BCUT2D eigenvalue weighted by Crippen LogP contribution is -2.02. The molecule has 11 heavy (non-hydrogen) atoms. The van der Waals surface area contributed by atoms with E-state index in [1.54, 1.807) is 18.6 Å². The second kappa shape index (κ2) is 4.57. The summed E-state index contributed by atoms with van der Waals surface area (Å²) in [6, 6.07) is 3.81. The Labute approximate surface area is 66.0 Å². The molecule has 0 aliphatic carbocycles. The van der Waals surface area contributed by atoms with Crippen molar-refractivity contribution in [2.24, 2.45) is 10.7 Å². The maximum atomic E-state index is 5.27. The number of pyridine rings is 1. The van der Waals surface area contributed by atoms with E-state index >= 15 is 0 Å². The van der Waals surface area contributed by atoms with Crippen molar-refractivity contribution >= 4 is 6.21 Å². The highest BCUT2D eigenvalue weighted by atomic mass is 14.7. The van der Waals surface area contributed by atoms with Crippen LogP contribution in [0.25, 0.3) is 0 Å². The lowest BCUT2D eigenvalue weighted by molar-refractivity contribution is 0.980. The fourth-order valence-electron chi connectivity index (χ4n) is 0.694. The van der Waals surface area contributed by atoms with Crippen molar-refractivity contribution in [3.8, 4) is 0 Å². The molecule has 0 saturated heterocycles. The van der Waals surface area contributed by atoms with Crippen molar-refractivity contribution in [2.75, 3.05) is 13.1 Å². The highest BCUT2D eigenvalue weighted by Crippen LogP contribution is 1.90. The van der Waals surface area contributed by atoms with Crippen LogP contribution in [-0.4, -0.2) is 24.3 Å². The van der Waals surface area contributed by atoms with Gasteiger partial charge in [0.2, 0.25) is 0 Å². The third-order valence-corrected chi connectivity index (χ3v) is 1.20. The third-order valence-electron chi connectivity index (χ3n) is 1.20. The highest BCUT2D eigenvalue weighted by Gasteiger charge is 1.81. The topological polar surface area (TPSA) is 51.3 Å². The molecule has 0 unspecified atom stereocenters. The van der Waals surface area contributed by atoms with E-state index in [0.717, 1.165) is 5.56 Å². The van der Waals surface area contributed by atoms with E-state index in [1.165, 1.54) is 0 Å². The van der Waals surface area contributed by atoms with E-state index < -0.39 is 0 Å². The fourth-order valence-corrected chi connectivity index (χ4v) is 0.694. The summed E-state index contributed by atoms with van der Waals surface area (Å²) in [5, 5.41) is 0. The molecule has 1 heterocycles. The van der Waals surface area contributed by atoms with E-state index in [1.807, 2.05) is 12.1 Å². The summed E-state index contributed by atoms with van der Waals surface area (Å²) in [6.07, 6.45) is 5.28. The number of nitrogens with two attached hydrogens (primary N) is 1. The van der Waals surface area contributed by atoms with Gasteiger partial charge in [-0.3, -0.25) is 9.98 Å².